The Kier molecular flexibility index (Phi) is 2.62. The highest BCUT2D eigenvalue weighted by Crippen LogP contribution is 2.28. The first kappa shape index (κ1) is 9.12. The minimum Gasteiger partial charge on any atom is -0.373 e. The fraction of sp³-hybridized carbons (Fsp3) is 0.667. The highest BCUT2D eigenvalue weighted by molar-refractivity contribution is 7.07. The maximum atomic E-state index is 6.03. The molecule has 1 aromatic rings. The van der Waals surface area contributed by atoms with Gasteiger partial charge in [-0.3, -0.25) is 0 Å². The van der Waals surface area contributed by atoms with Gasteiger partial charge in [0.2, 0.25) is 0 Å². The zero-order valence-electron chi connectivity index (χ0n) is 7.64. The Labute approximate surface area is 81.9 Å². The minimum atomic E-state index is -0.0452. The van der Waals surface area contributed by atoms with E-state index in [4.69, 9.17) is 10.5 Å². The molecule has 0 saturated carbocycles. The molecule has 4 heteroatoms. The summed E-state index contributed by atoms with van der Waals surface area (Å²) in [4.78, 5) is 4.20. The predicted octanol–water partition coefficient (Wildman–Crippen LogP) is 1.71. The average molecular weight is 198 g/mol. The first-order valence-corrected chi connectivity index (χ1v) is 5.51. The van der Waals surface area contributed by atoms with Crippen molar-refractivity contribution >= 4 is 11.3 Å². The molecule has 3 unspecified atom stereocenters. The molecule has 0 aliphatic carbocycles. The molecule has 1 saturated heterocycles. The van der Waals surface area contributed by atoms with Gasteiger partial charge in [-0.1, -0.05) is 0 Å². The van der Waals surface area contributed by atoms with Crippen LogP contribution in [0.3, 0.4) is 0 Å². The number of nitrogens with two attached hydrogens (primary N) is 1. The minimum absolute atomic E-state index is 0.0452. The van der Waals surface area contributed by atoms with Crippen LogP contribution in [0.4, 0.5) is 0 Å². The molecule has 72 valence electrons. The molecule has 0 amide bonds. The van der Waals surface area contributed by atoms with Gasteiger partial charge in [0.05, 0.1) is 29.5 Å². The normalized spacial score (nSPS) is 30.6. The Morgan fingerprint density at radius 1 is 1.69 bits per heavy atom. The number of hydrogen-bond acceptors (Lipinski definition) is 4. The topological polar surface area (TPSA) is 48.1 Å². The zero-order chi connectivity index (χ0) is 9.26. The van der Waals surface area contributed by atoms with Crippen LogP contribution in [0.1, 0.15) is 31.5 Å². The number of aromatic nitrogens is 1. The molecule has 2 N–H and O–H groups in total. The second kappa shape index (κ2) is 3.74. The lowest BCUT2D eigenvalue weighted by Gasteiger charge is -2.17. The van der Waals surface area contributed by atoms with Crippen LogP contribution in [0.2, 0.25) is 0 Å². The van der Waals surface area contributed by atoms with E-state index in [1.165, 1.54) is 0 Å². The summed E-state index contributed by atoms with van der Waals surface area (Å²) in [6.45, 7) is 2.09. The zero-order valence-corrected chi connectivity index (χ0v) is 8.46. The van der Waals surface area contributed by atoms with Crippen LogP contribution in [0, 0.1) is 0 Å². The molecule has 1 aliphatic rings. The van der Waals surface area contributed by atoms with Crippen LogP contribution < -0.4 is 5.73 Å². The smallest absolute Gasteiger partial charge is 0.0795 e. The van der Waals surface area contributed by atoms with E-state index in [0.717, 1.165) is 18.5 Å². The van der Waals surface area contributed by atoms with Gasteiger partial charge in [-0.25, -0.2) is 4.98 Å². The standard InChI is InChI=1S/C9H14N2OS/c1-6-2-3-8(12-6)9(10)7-4-13-5-11-7/h4-6,8-9H,2-3,10H2,1H3. The first-order chi connectivity index (χ1) is 6.27. The number of rotatable bonds is 2. The lowest BCUT2D eigenvalue weighted by Crippen LogP contribution is -2.26. The van der Waals surface area contributed by atoms with Crippen molar-refractivity contribution in [1.29, 1.82) is 0 Å². The van der Waals surface area contributed by atoms with E-state index < -0.39 is 0 Å². The Morgan fingerprint density at radius 3 is 3.08 bits per heavy atom. The van der Waals surface area contributed by atoms with E-state index in [9.17, 15) is 0 Å². The number of ether oxygens (including phenoxy) is 1. The quantitative estimate of drug-likeness (QED) is 0.787. The van der Waals surface area contributed by atoms with Gasteiger partial charge < -0.3 is 10.5 Å². The molecule has 1 aliphatic heterocycles. The van der Waals surface area contributed by atoms with Gasteiger partial charge in [-0.05, 0) is 19.8 Å². The van der Waals surface area contributed by atoms with Gasteiger partial charge in [0, 0.05) is 5.38 Å². The Hall–Kier alpha value is -0.450. The van der Waals surface area contributed by atoms with E-state index in [0.29, 0.717) is 6.10 Å². The molecule has 0 bridgehead atoms. The third-order valence-corrected chi connectivity index (χ3v) is 3.06. The molecular formula is C9H14N2OS. The van der Waals surface area contributed by atoms with Crippen molar-refractivity contribution in [2.45, 2.75) is 38.0 Å². The van der Waals surface area contributed by atoms with Crippen molar-refractivity contribution in [3.8, 4) is 0 Å². The molecule has 13 heavy (non-hydrogen) atoms. The van der Waals surface area contributed by atoms with Crippen molar-refractivity contribution in [3.05, 3.63) is 16.6 Å². The summed E-state index contributed by atoms with van der Waals surface area (Å²) >= 11 is 1.58. The Bertz CT molecular complexity index is 263. The highest BCUT2D eigenvalue weighted by atomic mass is 32.1. The van der Waals surface area contributed by atoms with Gasteiger partial charge in [0.15, 0.2) is 0 Å². The molecule has 1 fully saturated rings. The fourth-order valence-electron chi connectivity index (χ4n) is 1.67. The summed E-state index contributed by atoms with van der Waals surface area (Å²) in [5.41, 5.74) is 8.80. The Balaban J connectivity index is 2.02. The molecule has 3 nitrogen and oxygen atoms in total. The third-order valence-electron chi connectivity index (χ3n) is 2.46. The summed E-state index contributed by atoms with van der Waals surface area (Å²) in [6.07, 6.45) is 2.69. The molecule has 3 atom stereocenters. The summed E-state index contributed by atoms with van der Waals surface area (Å²) in [6, 6.07) is -0.0452. The monoisotopic (exact) mass is 198 g/mol. The second-order valence-electron chi connectivity index (χ2n) is 3.50. The van der Waals surface area contributed by atoms with E-state index in [1.807, 2.05) is 10.9 Å². The summed E-state index contributed by atoms with van der Waals surface area (Å²) < 4.78 is 5.69. The van der Waals surface area contributed by atoms with Crippen LogP contribution in [0.15, 0.2) is 10.9 Å². The molecular weight excluding hydrogens is 184 g/mol. The molecule has 0 aromatic carbocycles. The van der Waals surface area contributed by atoms with Crippen LogP contribution in [0.5, 0.6) is 0 Å². The average Bonchev–Trinajstić information content (AvgIpc) is 2.72. The van der Waals surface area contributed by atoms with Gasteiger partial charge in [-0.2, -0.15) is 0 Å². The summed E-state index contributed by atoms with van der Waals surface area (Å²) in [7, 11) is 0. The highest BCUT2D eigenvalue weighted by Gasteiger charge is 2.28. The van der Waals surface area contributed by atoms with Gasteiger partial charge >= 0.3 is 0 Å². The second-order valence-corrected chi connectivity index (χ2v) is 4.22. The van der Waals surface area contributed by atoms with E-state index in [2.05, 4.69) is 11.9 Å². The summed E-state index contributed by atoms with van der Waals surface area (Å²) in [5.74, 6) is 0. The molecule has 1 aromatic heterocycles. The van der Waals surface area contributed by atoms with E-state index in [-0.39, 0.29) is 12.1 Å². The van der Waals surface area contributed by atoms with Crippen molar-refractivity contribution < 1.29 is 4.74 Å². The fourth-order valence-corrected chi connectivity index (χ4v) is 2.28. The van der Waals surface area contributed by atoms with Crippen LogP contribution in [0.25, 0.3) is 0 Å². The van der Waals surface area contributed by atoms with E-state index in [1.54, 1.807) is 11.3 Å². The SMILES string of the molecule is CC1CCC(C(N)c2cscn2)O1. The summed E-state index contributed by atoms with van der Waals surface area (Å²) in [5, 5.41) is 2.00. The van der Waals surface area contributed by atoms with Gasteiger partial charge in [0.25, 0.3) is 0 Å². The number of hydrogen-bond donors (Lipinski definition) is 1. The number of nitrogens with zero attached hydrogens (tertiary/aromatic N) is 1. The molecule has 0 radical (unpaired) electrons. The number of thiazole rings is 1. The van der Waals surface area contributed by atoms with Gasteiger partial charge in [-0.15, -0.1) is 11.3 Å². The van der Waals surface area contributed by atoms with Crippen molar-refractivity contribution in [2.75, 3.05) is 0 Å². The lowest BCUT2D eigenvalue weighted by molar-refractivity contribution is 0.0394. The van der Waals surface area contributed by atoms with Crippen LogP contribution in [-0.2, 0) is 4.74 Å². The van der Waals surface area contributed by atoms with Crippen molar-refractivity contribution in [2.24, 2.45) is 5.73 Å². The molecule has 2 rings (SSSR count). The van der Waals surface area contributed by atoms with E-state index >= 15 is 0 Å². The lowest BCUT2D eigenvalue weighted by atomic mass is 10.1. The van der Waals surface area contributed by atoms with Gasteiger partial charge in [0.1, 0.15) is 0 Å². The maximum absolute atomic E-state index is 6.03. The largest absolute Gasteiger partial charge is 0.373 e. The molecule has 2 heterocycles. The van der Waals surface area contributed by atoms with Crippen LogP contribution >= 0.6 is 11.3 Å². The molecule has 0 spiro atoms. The predicted molar refractivity (Wildman–Crippen MR) is 52.6 cm³/mol. The van der Waals surface area contributed by atoms with Crippen LogP contribution in [-0.4, -0.2) is 17.2 Å². The first-order valence-electron chi connectivity index (χ1n) is 4.56. The van der Waals surface area contributed by atoms with Crippen molar-refractivity contribution in [3.63, 3.8) is 0 Å². The van der Waals surface area contributed by atoms with Crippen molar-refractivity contribution in [1.82, 2.24) is 4.98 Å². The Morgan fingerprint density at radius 2 is 2.54 bits per heavy atom. The maximum Gasteiger partial charge on any atom is 0.0795 e. The third kappa shape index (κ3) is 1.90.